The zero-order chi connectivity index (χ0) is 30.4. The minimum absolute atomic E-state index is 0.334. The maximum atomic E-state index is 10.4. The maximum Gasteiger partial charge on any atom is 0.126 e. The molecule has 0 radical (unpaired) electrons. The van der Waals surface area contributed by atoms with Crippen LogP contribution in [0.25, 0.3) is 0 Å². The van der Waals surface area contributed by atoms with Crippen molar-refractivity contribution in [2.24, 2.45) is 0 Å². The molecule has 1 heterocycles. The number of hydrogen-bond donors (Lipinski definition) is 4. The molecule has 3 aromatic carbocycles. The van der Waals surface area contributed by atoms with Gasteiger partial charge < -0.3 is 34.6 Å². The number of aliphatic hydroxyl groups is 4. The molecule has 4 rings (SSSR count). The number of rotatable bonds is 17. The van der Waals surface area contributed by atoms with Crippen LogP contribution in [0.2, 0.25) is 0 Å². The summed E-state index contributed by atoms with van der Waals surface area (Å²) in [5.74, 6) is 1.97. The summed E-state index contributed by atoms with van der Waals surface area (Å²) in [7, 11) is 0. The average Bonchev–Trinajstić information content (AvgIpc) is 3.05. The molecule has 4 N–H and O–H groups in total. The van der Waals surface area contributed by atoms with E-state index in [1.807, 2.05) is 48.5 Å². The topological polar surface area (TPSA) is 109 Å². The summed E-state index contributed by atoms with van der Waals surface area (Å²) >= 11 is 0. The molecular weight excluding hydrogens is 544 g/mol. The van der Waals surface area contributed by atoms with Crippen LogP contribution in [-0.2, 0) is 18.0 Å². The van der Waals surface area contributed by atoms with Crippen molar-refractivity contribution in [3.63, 3.8) is 0 Å². The molecule has 7 heteroatoms. The fourth-order valence-electron chi connectivity index (χ4n) is 5.78. The summed E-state index contributed by atoms with van der Waals surface area (Å²) < 4.78 is 18.3. The summed E-state index contributed by atoms with van der Waals surface area (Å²) in [6.07, 6.45) is 2.36. The molecule has 0 aromatic heterocycles. The Labute approximate surface area is 256 Å². The number of hydrogen-bond acceptors (Lipinski definition) is 7. The van der Waals surface area contributed by atoms with Gasteiger partial charge in [-0.2, -0.15) is 0 Å². The number of benzene rings is 3. The van der Waals surface area contributed by atoms with E-state index in [0.29, 0.717) is 25.6 Å². The van der Waals surface area contributed by atoms with Crippen LogP contribution in [0.4, 0.5) is 0 Å². The maximum absolute atomic E-state index is 10.4. The van der Waals surface area contributed by atoms with Gasteiger partial charge in [-0.3, -0.25) is 0 Å². The molecule has 1 unspecified atom stereocenters. The van der Waals surface area contributed by atoms with Crippen LogP contribution >= 0.6 is 0 Å². The largest absolute Gasteiger partial charge is 0.489 e. The highest BCUT2D eigenvalue weighted by atomic mass is 16.5. The molecule has 43 heavy (non-hydrogen) atoms. The van der Waals surface area contributed by atoms with Gasteiger partial charge in [0.15, 0.2) is 0 Å². The third-order valence-electron chi connectivity index (χ3n) is 8.35. The van der Waals surface area contributed by atoms with Gasteiger partial charge in [-0.1, -0.05) is 106 Å². The van der Waals surface area contributed by atoms with E-state index in [1.54, 1.807) is 0 Å². The van der Waals surface area contributed by atoms with Crippen LogP contribution in [0.15, 0.2) is 78.9 Å². The second-order valence-electron chi connectivity index (χ2n) is 11.6. The lowest BCUT2D eigenvalue weighted by molar-refractivity contribution is -0.230. The third kappa shape index (κ3) is 9.78. The van der Waals surface area contributed by atoms with E-state index < -0.39 is 37.1 Å². The molecule has 1 saturated heterocycles. The van der Waals surface area contributed by atoms with Crippen LogP contribution in [0.5, 0.6) is 11.5 Å². The van der Waals surface area contributed by atoms with Crippen LogP contribution in [0.1, 0.15) is 80.9 Å². The van der Waals surface area contributed by atoms with Crippen molar-refractivity contribution in [3.05, 3.63) is 95.6 Å². The van der Waals surface area contributed by atoms with Gasteiger partial charge in [-0.15, -0.1) is 0 Å². The second kappa shape index (κ2) is 17.4. The van der Waals surface area contributed by atoms with Crippen LogP contribution < -0.4 is 9.47 Å². The van der Waals surface area contributed by atoms with Crippen LogP contribution in [0, 0.1) is 0 Å². The first-order valence-electron chi connectivity index (χ1n) is 15.8. The Morgan fingerprint density at radius 2 is 1.33 bits per heavy atom. The highest BCUT2D eigenvalue weighted by Gasteiger charge is 2.42. The summed E-state index contributed by atoms with van der Waals surface area (Å²) in [5, 5.41) is 40.0. The monoisotopic (exact) mass is 592 g/mol. The number of unbranched alkanes of at least 4 members (excludes halogenated alkanes) is 3. The molecule has 6 atom stereocenters. The van der Waals surface area contributed by atoms with Crippen molar-refractivity contribution in [2.75, 3.05) is 6.61 Å². The summed E-state index contributed by atoms with van der Waals surface area (Å²) in [6, 6.07) is 26.6. The van der Waals surface area contributed by atoms with Crippen LogP contribution in [0.3, 0.4) is 0 Å². The molecule has 7 nitrogen and oxygen atoms in total. The Hall–Kier alpha value is -2.94. The minimum atomic E-state index is -1.32. The Morgan fingerprint density at radius 3 is 1.98 bits per heavy atom. The van der Waals surface area contributed by atoms with Crippen molar-refractivity contribution in [1.82, 2.24) is 0 Å². The van der Waals surface area contributed by atoms with Crippen molar-refractivity contribution < 1.29 is 34.6 Å². The number of aliphatic hydroxyl groups excluding tert-OH is 4. The van der Waals surface area contributed by atoms with Crippen molar-refractivity contribution in [1.29, 1.82) is 0 Å². The van der Waals surface area contributed by atoms with Gasteiger partial charge in [0.25, 0.3) is 0 Å². The zero-order valence-electron chi connectivity index (χ0n) is 25.3. The smallest absolute Gasteiger partial charge is 0.126 e. The van der Waals surface area contributed by atoms with Gasteiger partial charge in [0.1, 0.15) is 49.1 Å². The first kappa shape index (κ1) is 33.0. The minimum Gasteiger partial charge on any atom is -0.489 e. The summed E-state index contributed by atoms with van der Waals surface area (Å²) in [5.41, 5.74) is 3.43. The first-order chi connectivity index (χ1) is 21.0. The highest BCUT2D eigenvalue weighted by Crippen LogP contribution is 2.37. The molecule has 0 saturated carbocycles. The van der Waals surface area contributed by atoms with Gasteiger partial charge in [-0.25, -0.2) is 0 Å². The average molecular weight is 593 g/mol. The SMILES string of the molecule is CCCCC(CCCCC[C@@H]1O[C@H](CO)[C@@H](O)[C@H](O)[C@H]1O)c1ccc(OCc2ccccc2)cc1OCc1ccccc1. The van der Waals surface area contributed by atoms with E-state index in [2.05, 4.69) is 37.3 Å². The van der Waals surface area contributed by atoms with Gasteiger partial charge in [0.05, 0.1) is 12.7 Å². The van der Waals surface area contributed by atoms with Crippen molar-refractivity contribution in [2.45, 2.75) is 108 Å². The molecule has 0 spiro atoms. The summed E-state index contributed by atoms with van der Waals surface area (Å²) in [6.45, 7) is 2.79. The normalized spacial score (nSPS) is 22.7. The Bertz CT molecular complexity index is 1190. The van der Waals surface area contributed by atoms with E-state index in [0.717, 1.165) is 67.6 Å². The third-order valence-corrected chi connectivity index (χ3v) is 8.35. The molecule has 3 aromatic rings. The molecule has 0 amide bonds. The molecule has 1 fully saturated rings. The number of ether oxygens (including phenoxy) is 3. The Kier molecular flexibility index (Phi) is 13.3. The van der Waals surface area contributed by atoms with E-state index in [4.69, 9.17) is 14.2 Å². The Morgan fingerprint density at radius 1 is 0.698 bits per heavy atom. The lowest BCUT2D eigenvalue weighted by Crippen LogP contribution is -2.58. The molecule has 0 aliphatic carbocycles. The van der Waals surface area contributed by atoms with Crippen molar-refractivity contribution >= 4 is 0 Å². The van der Waals surface area contributed by atoms with E-state index in [-0.39, 0.29) is 0 Å². The van der Waals surface area contributed by atoms with Gasteiger partial charge in [0, 0.05) is 6.07 Å². The first-order valence-corrected chi connectivity index (χ1v) is 15.8. The predicted octanol–water partition coefficient (Wildman–Crippen LogP) is 5.91. The molecule has 234 valence electrons. The van der Waals surface area contributed by atoms with Gasteiger partial charge in [-0.05, 0) is 47.9 Å². The molecule has 1 aliphatic heterocycles. The molecular formula is C36H48O7. The van der Waals surface area contributed by atoms with E-state index in [9.17, 15) is 20.4 Å². The molecule has 1 aliphatic rings. The zero-order valence-corrected chi connectivity index (χ0v) is 25.3. The van der Waals surface area contributed by atoms with Crippen LogP contribution in [-0.4, -0.2) is 57.6 Å². The van der Waals surface area contributed by atoms with Gasteiger partial charge in [0.2, 0.25) is 0 Å². The highest BCUT2D eigenvalue weighted by molar-refractivity contribution is 5.43. The second-order valence-corrected chi connectivity index (χ2v) is 11.6. The van der Waals surface area contributed by atoms with Crippen molar-refractivity contribution in [3.8, 4) is 11.5 Å². The van der Waals surface area contributed by atoms with E-state index in [1.165, 1.54) is 5.56 Å². The quantitative estimate of drug-likeness (QED) is 0.144. The van der Waals surface area contributed by atoms with E-state index >= 15 is 0 Å². The predicted molar refractivity (Wildman–Crippen MR) is 167 cm³/mol. The Balaban J connectivity index is 1.40. The fourth-order valence-corrected chi connectivity index (χ4v) is 5.78. The standard InChI is InChI=1S/C36H48O7/c1-2-3-17-28(18-11-6-12-19-31-34(38)36(40)35(39)33(23-37)43-31)30-21-20-29(41-24-26-13-7-4-8-14-26)22-32(30)42-25-27-15-9-5-10-16-27/h4-5,7-10,13-16,20-22,28,31,33-40H,2-3,6,11-12,17-19,23-25H2,1H3/t28?,31-,33+,34-,35+,36+/m0/s1. The fraction of sp³-hybridized carbons (Fsp3) is 0.500. The lowest BCUT2D eigenvalue weighted by Gasteiger charge is -2.40. The van der Waals surface area contributed by atoms with Gasteiger partial charge >= 0.3 is 0 Å². The lowest BCUT2D eigenvalue weighted by atomic mass is 9.87. The molecule has 0 bridgehead atoms. The summed E-state index contributed by atoms with van der Waals surface area (Å²) in [4.78, 5) is 0.